The molecule has 1 atom stereocenters. The quantitative estimate of drug-likeness (QED) is 0.784. The third-order valence-corrected chi connectivity index (χ3v) is 3.44. The number of carbonyl (C=O) groups is 1. The number of amides is 1. The van der Waals surface area contributed by atoms with Crippen LogP contribution in [-0.2, 0) is 4.79 Å². The molecule has 1 unspecified atom stereocenters. The molecule has 0 fully saturated rings. The van der Waals surface area contributed by atoms with Crippen LogP contribution in [0.1, 0.15) is 12.5 Å². The lowest BCUT2D eigenvalue weighted by atomic mass is 10.3. The predicted octanol–water partition coefficient (Wildman–Crippen LogP) is 2.98. The molecule has 2 aromatic heterocycles. The minimum atomic E-state index is -0.638. The summed E-state index contributed by atoms with van der Waals surface area (Å²) < 4.78 is 7.22. The number of aryl methyl sites for hydroxylation is 1. The molecule has 0 spiro atoms. The van der Waals surface area contributed by atoms with Gasteiger partial charge in [0.15, 0.2) is 11.9 Å². The SMILES string of the molecule is Cc1ccnc(-n2nccc2NC(=O)C(C)Oc2ccccc2)c1. The van der Waals surface area contributed by atoms with Gasteiger partial charge in [-0.25, -0.2) is 4.98 Å². The number of rotatable bonds is 5. The first kappa shape index (κ1) is 15.7. The second kappa shape index (κ2) is 6.95. The molecular formula is C18H18N4O2. The number of pyridine rings is 1. The molecule has 0 aliphatic rings. The minimum absolute atomic E-state index is 0.256. The van der Waals surface area contributed by atoms with Gasteiger partial charge in [-0.1, -0.05) is 18.2 Å². The zero-order valence-corrected chi connectivity index (χ0v) is 13.5. The van der Waals surface area contributed by atoms with E-state index in [9.17, 15) is 4.79 Å². The summed E-state index contributed by atoms with van der Waals surface area (Å²) in [5, 5.41) is 7.05. The van der Waals surface area contributed by atoms with E-state index in [1.54, 1.807) is 30.1 Å². The van der Waals surface area contributed by atoms with E-state index in [0.717, 1.165) is 5.56 Å². The van der Waals surface area contributed by atoms with Gasteiger partial charge < -0.3 is 10.1 Å². The summed E-state index contributed by atoms with van der Waals surface area (Å²) in [7, 11) is 0. The Bertz CT molecular complexity index is 830. The Labute approximate surface area is 140 Å². The summed E-state index contributed by atoms with van der Waals surface area (Å²) in [5.41, 5.74) is 1.06. The zero-order chi connectivity index (χ0) is 16.9. The molecule has 6 nitrogen and oxygen atoms in total. The summed E-state index contributed by atoms with van der Waals surface area (Å²) in [6.45, 7) is 3.68. The van der Waals surface area contributed by atoms with E-state index in [0.29, 0.717) is 17.4 Å². The molecule has 0 saturated heterocycles. The van der Waals surface area contributed by atoms with Crippen molar-refractivity contribution in [1.29, 1.82) is 0 Å². The van der Waals surface area contributed by atoms with Gasteiger partial charge in [0, 0.05) is 12.3 Å². The van der Waals surface area contributed by atoms with Gasteiger partial charge in [-0.15, -0.1) is 0 Å². The van der Waals surface area contributed by atoms with Crippen molar-refractivity contribution in [1.82, 2.24) is 14.8 Å². The fourth-order valence-electron chi connectivity index (χ4n) is 2.20. The van der Waals surface area contributed by atoms with Gasteiger partial charge in [0.05, 0.1) is 6.20 Å². The lowest BCUT2D eigenvalue weighted by molar-refractivity contribution is -0.122. The van der Waals surface area contributed by atoms with Crippen molar-refractivity contribution >= 4 is 11.7 Å². The zero-order valence-electron chi connectivity index (χ0n) is 13.5. The van der Waals surface area contributed by atoms with Gasteiger partial charge in [-0.2, -0.15) is 9.78 Å². The van der Waals surface area contributed by atoms with Crippen LogP contribution in [0.25, 0.3) is 5.82 Å². The highest BCUT2D eigenvalue weighted by atomic mass is 16.5. The smallest absolute Gasteiger partial charge is 0.266 e. The Balaban J connectivity index is 1.72. The number of hydrogen-bond donors (Lipinski definition) is 1. The molecule has 122 valence electrons. The first-order valence-corrected chi connectivity index (χ1v) is 7.63. The fourth-order valence-corrected chi connectivity index (χ4v) is 2.20. The Hall–Kier alpha value is -3.15. The van der Waals surface area contributed by atoms with Crippen molar-refractivity contribution in [2.24, 2.45) is 0 Å². The molecule has 0 aliphatic heterocycles. The molecule has 24 heavy (non-hydrogen) atoms. The molecular weight excluding hydrogens is 304 g/mol. The number of para-hydroxylation sites is 1. The maximum atomic E-state index is 12.4. The molecule has 0 saturated carbocycles. The molecule has 3 aromatic rings. The topological polar surface area (TPSA) is 69.0 Å². The lowest BCUT2D eigenvalue weighted by Crippen LogP contribution is -2.31. The number of aromatic nitrogens is 3. The van der Waals surface area contributed by atoms with Gasteiger partial charge in [0.25, 0.3) is 5.91 Å². The van der Waals surface area contributed by atoms with Crippen molar-refractivity contribution < 1.29 is 9.53 Å². The largest absolute Gasteiger partial charge is 0.481 e. The van der Waals surface area contributed by atoms with Crippen molar-refractivity contribution in [2.75, 3.05) is 5.32 Å². The van der Waals surface area contributed by atoms with Gasteiger partial charge >= 0.3 is 0 Å². The molecule has 3 rings (SSSR count). The third kappa shape index (κ3) is 3.60. The first-order chi connectivity index (χ1) is 11.6. The van der Waals surface area contributed by atoms with E-state index < -0.39 is 6.10 Å². The maximum Gasteiger partial charge on any atom is 0.266 e. The van der Waals surface area contributed by atoms with Crippen molar-refractivity contribution in [2.45, 2.75) is 20.0 Å². The number of benzene rings is 1. The molecule has 0 bridgehead atoms. The van der Waals surface area contributed by atoms with Crippen molar-refractivity contribution in [3.05, 3.63) is 66.5 Å². The normalized spacial score (nSPS) is 11.8. The Kier molecular flexibility index (Phi) is 4.56. The number of ether oxygens (including phenoxy) is 1. The standard InChI is InChI=1S/C18H18N4O2/c1-13-8-10-19-17(12-13)22-16(9-11-20-22)21-18(23)14(2)24-15-6-4-3-5-7-15/h3-12,14H,1-2H3,(H,21,23). The molecule has 0 radical (unpaired) electrons. The van der Waals surface area contributed by atoms with E-state index in [1.807, 2.05) is 49.4 Å². The summed E-state index contributed by atoms with van der Waals surface area (Å²) in [5.74, 6) is 1.58. The Morgan fingerprint density at radius 1 is 1.17 bits per heavy atom. The highest BCUT2D eigenvalue weighted by Gasteiger charge is 2.17. The number of carbonyl (C=O) groups excluding carboxylic acids is 1. The van der Waals surface area contributed by atoms with Gasteiger partial charge in [-0.05, 0) is 43.7 Å². The van der Waals surface area contributed by atoms with E-state index >= 15 is 0 Å². The number of nitrogens with zero attached hydrogens (tertiary/aromatic N) is 3. The van der Waals surface area contributed by atoms with Crippen LogP contribution in [0.3, 0.4) is 0 Å². The number of anilines is 1. The van der Waals surface area contributed by atoms with E-state index in [-0.39, 0.29) is 5.91 Å². The predicted molar refractivity (Wildman–Crippen MR) is 91.3 cm³/mol. The van der Waals surface area contributed by atoms with Crippen molar-refractivity contribution in [3.63, 3.8) is 0 Å². The van der Waals surface area contributed by atoms with Crippen LogP contribution in [0.4, 0.5) is 5.82 Å². The molecule has 1 aromatic carbocycles. The van der Waals surface area contributed by atoms with Crippen LogP contribution in [0, 0.1) is 6.92 Å². The van der Waals surface area contributed by atoms with Crippen LogP contribution < -0.4 is 10.1 Å². The highest BCUT2D eigenvalue weighted by molar-refractivity contribution is 5.93. The van der Waals surface area contributed by atoms with Gasteiger partial charge in [0.2, 0.25) is 0 Å². The lowest BCUT2D eigenvalue weighted by Gasteiger charge is -2.15. The average Bonchev–Trinajstić information content (AvgIpc) is 3.04. The van der Waals surface area contributed by atoms with Crippen molar-refractivity contribution in [3.8, 4) is 11.6 Å². The molecule has 1 amide bonds. The summed E-state index contributed by atoms with van der Waals surface area (Å²) in [6.07, 6.45) is 2.68. The Morgan fingerprint density at radius 3 is 2.71 bits per heavy atom. The summed E-state index contributed by atoms with van der Waals surface area (Å²) >= 11 is 0. The number of hydrogen-bond acceptors (Lipinski definition) is 4. The van der Waals surface area contributed by atoms with Gasteiger partial charge in [-0.3, -0.25) is 4.79 Å². The monoisotopic (exact) mass is 322 g/mol. The van der Waals surface area contributed by atoms with Crippen LogP contribution >= 0.6 is 0 Å². The molecule has 0 aliphatic carbocycles. The van der Waals surface area contributed by atoms with Crippen LogP contribution in [-0.4, -0.2) is 26.8 Å². The number of nitrogens with one attached hydrogen (secondary N) is 1. The van der Waals surface area contributed by atoms with Gasteiger partial charge in [0.1, 0.15) is 11.6 Å². The van der Waals surface area contributed by atoms with Crippen LogP contribution in [0.15, 0.2) is 60.9 Å². The second-order valence-corrected chi connectivity index (χ2v) is 5.38. The van der Waals surface area contributed by atoms with E-state index in [4.69, 9.17) is 4.74 Å². The second-order valence-electron chi connectivity index (χ2n) is 5.38. The minimum Gasteiger partial charge on any atom is -0.481 e. The maximum absolute atomic E-state index is 12.4. The molecule has 6 heteroatoms. The highest BCUT2D eigenvalue weighted by Crippen LogP contribution is 2.15. The summed E-state index contributed by atoms with van der Waals surface area (Å²) in [6, 6.07) is 14.8. The molecule has 2 heterocycles. The van der Waals surface area contributed by atoms with E-state index in [2.05, 4.69) is 15.4 Å². The average molecular weight is 322 g/mol. The summed E-state index contributed by atoms with van der Waals surface area (Å²) in [4.78, 5) is 16.6. The molecule has 1 N–H and O–H groups in total. The van der Waals surface area contributed by atoms with Crippen LogP contribution in [0.2, 0.25) is 0 Å². The van der Waals surface area contributed by atoms with Crippen LogP contribution in [0.5, 0.6) is 5.75 Å². The Morgan fingerprint density at radius 2 is 1.96 bits per heavy atom. The first-order valence-electron chi connectivity index (χ1n) is 7.63. The third-order valence-electron chi connectivity index (χ3n) is 3.44. The fraction of sp³-hybridized carbons (Fsp3) is 0.167. The van der Waals surface area contributed by atoms with E-state index in [1.165, 1.54) is 0 Å².